The molecule has 1 unspecified atom stereocenters. The first kappa shape index (κ1) is 15.8. The van der Waals surface area contributed by atoms with Crippen LogP contribution in [0.3, 0.4) is 0 Å². The number of rotatable bonds is 7. The molecular formula is C20H27N. The van der Waals surface area contributed by atoms with E-state index in [-0.39, 0.29) is 0 Å². The predicted octanol–water partition coefficient (Wildman–Crippen LogP) is 4.46. The molecule has 0 heterocycles. The highest BCUT2D eigenvalue weighted by Crippen LogP contribution is 2.12. The average Bonchev–Trinajstić information content (AvgIpc) is 2.47. The molecular weight excluding hydrogens is 254 g/mol. The van der Waals surface area contributed by atoms with Gasteiger partial charge in [-0.25, -0.2) is 0 Å². The lowest BCUT2D eigenvalue weighted by atomic mass is 9.97. The lowest BCUT2D eigenvalue weighted by molar-refractivity contribution is 0.504. The van der Waals surface area contributed by atoms with Crippen LogP contribution in [0.4, 0.5) is 0 Å². The molecule has 0 amide bonds. The molecule has 0 aliphatic heterocycles. The highest BCUT2D eigenvalue weighted by Gasteiger charge is 2.10. The molecule has 0 spiro atoms. The molecule has 2 rings (SSSR count). The summed E-state index contributed by atoms with van der Waals surface area (Å²) < 4.78 is 0. The standard InChI is InChI=1S/C20H27N/c1-4-12-21-20(14-18-10-8-16(2)9-11-18)15-19-7-5-6-17(3)13-19/h5-11,13,20-21H,4,12,14-15H2,1-3H3. The van der Waals surface area contributed by atoms with Crippen LogP contribution < -0.4 is 5.32 Å². The second kappa shape index (κ2) is 7.99. The van der Waals surface area contributed by atoms with E-state index in [0.29, 0.717) is 6.04 Å². The lowest BCUT2D eigenvalue weighted by Crippen LogP contribution is -2.33. The highest BCUT2D eigenvalue weighted by atomic mass is 14.9. The van der Waals surface area contributed by atoms with Gasteiger partial charge in [0.1, 0.15) is 0 Å². The summed E-state index contributed by atoms with van der Waals surface area (Å²) in [4.78, 5) is 0. The third kappa shape index (κ3) is 5.35. The van der Waals surface area contributed by atoms with Crippen LogP contribution in [0.2, 0.25) is 0 Å². The van der Waals surface area contributed by atoms with E-state index in [1.54, 1.807) is 0 Å². The molecule has 0 saturated heterocycles. The molecule has 0 aliphatic carbocycles. The Morgan fingerprint density at radius 2 is 1.57 bits per heavy atom. The van der Waals surface area contributed by atoms with Gasteiger partial charge in [-0.05, 0) is 50.8 Å². The van der Waals surface area contributed by atoms with Crippen molar-refractivity contribution < 1.29 is 0 Å². The maximum absolute atomic E-state index is 3.70. The molecule has 112 valence electrons. The van der Waals surface area contributed by atoms with Gasteiger partial charge in [0.05, 0.1) is 0 Å². The molecule has 1 atom stereocenters. The zero-order chi connectivity index (χ0) is 15.1. The first-order chi connectivity index (χ1) is 10.2. The van der Waals surface area contributed by atoms with E-state index < -0.39 is 0 Å². The lowest BCUT2D eigenvalue weighted by Gasteiger charge is -2.19. The normalized spacial score (nSPS) is 12.3. The second-order valence-corrected chi connectivity index (χ2v) is 6.03. The van der Waals surface area contributed by atoms with Crippen molar-refractivity contribution in [2.45, 2.75) is 46.1 Å². The Hall–Kier alpha value is -1.60. The van der Waals surface area contributed by atoms with Gasteiger partial charge in [-0.2, -0.15) is 0 Å². The number of benzene rings is 2. The first-order valence-corrected chi connectivity index (χ1v) is 8.02. The molecule has 0 saturated carbocycles. The molecule has 2 aromatic carbocycles. The summed E-state index contributed by atoms with van der Waals surface area (Å²) in [5.74, 6) is 0. The zero-order valence-electron chi connectivity index (χ0n) is 13.5. The molecule has 0 aliphatic rings. The third-order valence-electron chi connectivity index (χ3n) is 3.85. The smallest absolute Gasteiger partial charge is 0.0148 e. The Morgan fingerprint density at radius 3 is 2.24 bits per heavy atom. The molecule has 2 aromatic rings. The van der Waals surface area contributed by atoms with Crippen molar-refractivity contribution in [3.63, 3.8) is 0 Å². The molecule has 1 nitrogen and oxygen atoms in total. The van der Waals surface area contributed by atoms with Gasteiger partial charge in [0.2, 0.25) is 0 Å². The first-order valence-electron chi connectivity index (χ1n) is 8.02. The number of hydrogen-bond donors (Lipinski definition) is 1. The van der Waals surface area contributed by atoms with Crippen LogP contribution >= 0.6 is 0 Å². The highest BCUT2D eigenvalue weighted by molar-refractivity contribution is 5.25. The van der Waals surface area contributed by atoms with Crippen molar-refractivity contribution in [1.82, 2.24) is 5.32 Å². The molecule has 0 radical (unpaired) electrons. The number of aryl methyl sites for hydroxylation is 2. The Labute approximate surface area is 129 Å². The van der Waals surface area contributed by atoms with Gasteiger partial charge in [0.25, 0.3) is 0 Å². The Balaban J connectivity index is 2.04. The topological polar surface area (TPSA) is 12.0 Å². The fraction of sp³-hybridized carbons (Fsp3) is 0.400. The van der Waals surface area contributed by atoms with E-state index in [1.807, 2.05) is 0 Å². The van der Waals surface area contributed by atoms with Crippen LogP contribution in [-0.2, 0) is 12.8 Å². The van der Waals surface area contributed by atoms with Crippen molar-refractivity contribution in [2.24, 2.45) is 0 Å². The van der Waals surface area contributed by atoms with E-state index in [2.05, 4.69) is 74.6 Å². The minimum Gasteiger partial charge on any atom is -0.313 e. The quantitative estimate of drug-likeness (QED) is 0.790. The van der Waals surface area contributed by atoms with Crippen molar-refractivity contribution in [1.29, 1.82) is 0 Å². The summed E-state index contributed by atoms with van der Waals surface area (Å²) in [6, 6.07) is 18.3. The molecule has 1 N–H and O–H groups in total. The van der Waals surface area contributed by atoms with E-state index >= 15 is 0 Å². The summed E-state index contributed by atoms with van der Waals surface area (Å²) in [5.41, 5.74) is 5.52. The maximum atomic E-state index is 3.70. The van der Waals surface area contributed by atoms with Crippen molar-refractivity contribution >= 4 is 0 Å². The Bertz CT molecular complexity index is 542. The average molecular weight is 281 g/mol. The van der Waals surface area contributed by atoms with Crippen LogP contribution in [0.15, 0.2) is 48.5 Å². The van der Waals surface area contributed by atoms with E-state index in [0.717, 1.165) is 19.4 Å². The van der Waals surface area contributed by atoms with Gasteiger partial charge in [0.15, 0.2) is 0 Å². The van der Waals surface area contributed by atoms with Crippen LogP contribution in [0.5, 0.6) is 0 Å². The molecule has 0 aromatic heterocycles. The van der Waals surface area contributed by atoms with Crippen molar-refractivity contribution in [2.75, 3.05) is 6.54 Å². The van der Waals surface area contributed by atoms with Crippen LogP contribution in [0.25, 0.3) is 0 Å². The zero-order valence-corrected chi connectivity index (χ0v) is 13.5. The SMILES string of the molecule is CCCNC(Cc1ccc(C)cc1)Cc1cccc(C)c1. The van der Waals surface area contributed by atoms with E-state index in [4.69, 9.17) is 0 Å². The third-order valence-corrected chi connectivity index (χ3v) is 3.85. The van der Waals surface area contributed by atoms with Gasteiger partial charge in [-0.15, -0.1) is 0 Å². The Morgan fingerprint density at radius 1 is 0.857 bits per heavy atom. The molecule has 1 heteroatoms. The van der Waals surface area contributed by atoms with Gasteiger partial charge < -0.3 is 5.32 Å². The van der Waals surface area contributed by atoms with Crippen LogP contribution in [0, 0.1) is 13.8 Å². The summed E-state index contributed by atoms with van der Waals surface area (Å²) >= 11 is 0. The van der Waals surface area contributed by atoms with Crippen LogP contribution in [0.1, 0.15) is 35.6 Å². The van der Waals surface area contributed by atoms with Crippen molar-refractivity contribution in [3.8, 4) is 0 Å². The fourth-order valence-electron chi connectivity index (χ4n) is 2.70. The van der Waals surface area contributed by atoms with Gasteiger partial charge >= 0.3 is 0 Å². The number of nitrogens with one attached hydrogen (secondary N) is 1. The summed E-state index contributed by atoms with van der Waals surface area (Å²) in [6.07, 6.45) is 3.36. The van der Waals surface area contributed by atoms with Crippen LogP contribution in [-0.4, -0.2) is 12.6 Å². The molecule has 0 bridgehead atoms. The largest absolute Gasteiger partial charge is 0.313 e. The van der Waals surface area contributed by atoms with Crippen molar-refractivity contribution in [3.05, 3.63) is 70.8 Å². The number of hydrogen-bond acceptors (Lipinski definition) is 1. The van der Waals surface area contributed by atoms with E-state index in [9.17, 15) is 0 Å². The summed E-state index contributed by atoms with van der Waals surface area (Å²) in [6.45, 7) is 7.62. The predicted molar refractivity (Wildman–Crippen MR) is 91.8 cm³/mol. The van der Waals surface area contributed by atoms with Gasteiger partial charge in [-0.3, -0.25) is 0 Å². The maximum Gasteiger partial charge on any atom is 0.0148 e. The molecule has 0 fully saturated rings. The second-order valence-electron chi connectivity index (χ2n) is 6.03. The van der Waals surface area contributed by atoms with Gasteiger partial charge in [-0.1, -0.05) is 66.6 Å². The minimum absolute atomic E-state index is 0.509. The van der Waals surface area contributed by atoms with E-state index in [1.165, 1.54) is 28.7 Å². The van der Waals surface area contributed by atoms with Gasteiger partial charge in [0, 0.05) is 6.04 Å². The summed E-state index contributed by atoms with van der Waals surface area (Å²) in [5, 5.41) is 3.70. The monoisotopic (exact) mass is 281 g/mol. The molecule has 21 heavy (non-hydrogen) atoms. The summed E-state index contributed by atoms with van der Waals surface area (Å²) in [7, 11) is 0. The minimum atomic E-state index is 0.509. The Kier molecular flexibility index (Phi) is 6.01. The fourth-order valence-corrected chi connectivity index (χ4v) is 2.70.